The summed E-state index contributed by atoms with van der Waals surface area (Å²) in [6.07, 6.45) is 0.000154. The van der Waals surface area contributed by atoms with Crippen molar-refractivity contribution in [3.05, 3.63) is 0 Å². The van der Waals surface area contributed by atoms with Gasteiger partial charge in [0.15, 0.2) is 14.7 Å². The minimum absolute atomic E-state index is 0.0412. The van der Waals surface area contributed by atoms with E-state index in [1.54, 1.807) is 0 Å². The highest BCUT2D eigenvalue weighted by molar-refractivity contribution is 7.57. The van der Waals surface area contributed by atoms with Gasteiger partial charge in [0.25, 0.3) is 0 Å². The number of aliphatic carboxylic acids is 2. The van der Waals surface area contributed by atoms with E-state index in [0.29, 0.717) is 0 Å². The van der Waals surface area contributed by atoms with Crippen LogP contribution in [0.15, 0.2) is 0 Å². The predicted molar refractivity (Wildman–Crippen MR) is 81.7 cm³/mol. The topological polar surface area (TPSA) is 201 Å². The Hall–Kier alpha value is -0.760. The zero-order valence-electron chi connectivity index (χ0n) is 12.5. The molecule has 0 bridgehead atoms. The first-order valence-corrected chi connectivity index (χ1v) is 10.8. The van der Waals surface area contributed by atoms with Gasteiger partial charge in [-0.3, -0.25) is 18.7 Å². The fourth-order valence-corrected chi connectivity index (χ4v) is 2.52. The van der Waals surface area contributed by atoms with Crippen LogP contribution in [0.5, 0.6) is 0 Å². The molecule has 0 fully saturated rings. The summed E-state index contributed by atoms with van der Waals surface area (Å²) in [6.45, 7) is 2.36. The maximum absolute atomic E-state index is 10.6. The number of hydrogen-bond acceptors (Lipinski definition) is 6. The van der Waals surface area contributed by atoms with E-state index >= 15 is 0 Å². The molecule has 0 spiro atoms. The molecule has 10 nitrogen and oxygen atoms in total. The van der Waals surface area contributed by atoms with Gasteiger partial charge in [-0.25, -0.2) is 0 Å². The Kier molecular flexibility index (Phi) is 10.8. The van der Waals surface area contributed by atoms with Crippen LogP contribution in [-0.4, -0.2) is 69.7 Å². The van der Waals surface area contributed by atoms with E-state index in [2.05, 4.69) is 0 Å². The molecule has 0 saturated heterocycles. The van der Waals surface area contributed by atoms with Crippen LogP contribution in [0.25, 0.3) is 0 Å². The summed E-state index contributed by atoms with van der Waals surface area (Å²) in [7, 11) is -6.21. The van der Waals surface area contributed by atoms with Gasteiger partial charge in [0.05, 0.1) is 0 Å². The quantitative estimate of drug-likeness (QED) is 0.302. The molecule has 3 unspecified atom stereocenters. The first-order valence-electron chi connectivity index (χ1n) is 6.21. The highest BCUT2D eigenvalue weighted by atomic mass is 31.2. The van der Waals surface area contributed by atoms with Crippen LogP contribution in [0.1, 0.15) is 12.8 Å². The smallest absolute Gasteiger partial charge is 0.320 e. The first kappa shape index (κ1) is 23.5. The molecule has 0 radical (unpaired) electrons. The second-order valence-corrected chi connectivity index (χ2v) is 10.1. The third-order valence-electron chi connectivity index (χ3n) is 2.34. The van der Waals surface area contributed by atoms with Crippen molar-refractivity contribution >= 4 is 26.7 Å². The number of carboxylic acids is 2. The van der Waals surface area contributed by atoms with Crippen LogP contribution < -0.4 is 11.5 Å². The van der Waals surface area contributed by atoms with Crippen molar-refractivity contribution in [2.75, 3.05) is 25.7 Å². The Labute approximate surface area is 128 Å². The highest BCUT2D eigenvalue weighted by Crippen LogP contribution is 2.36. The Morgan fingerprint density at radius 1 is 0.864 bits per heavy atom. The monoisotopic (exact) mass is 362 g/mol. The lowest BCUT2D eigenvalue weighted by molar-refractivity contribution is -0.139. The highest BCUT2D eigenvalue weighted by Gasteiger charge is 2.17. The molecule has 0 aliphatic carbocycles. The first-order chi connectivity index (χ1) is 9.65. The molecule has 132 valence electrons. The van der Waals surface area contributed by atoms with Gasteiger partial charge in [-0.05, 0) is 12.8 Å². The molecule has 0 aromatic carbocycles. The van der Waals surface area contributed by atoms with Crippen LogP contribution in [-0.2, 0) is 18.7 Å². The van der Waals surface area contributed by atoms with E-state index in [0.717, 1.165) is 0 Å². The van der Waals surface area contributed by atoms with Gasteiger partial charge in [-0.15, -0.1) is 0 Å². The van der Waals surface area contributed by atoms with Gasteiger partial charge in [-0.1, -0.05) is 0 Å². The van der Waals surface area contributed by atoms with Gasteiger partial charge in [0.1, 0.15) is 12.1 Å². The summed E-state index contributed by atoms with van der Waals surface area (Å²) in [6, 6.07) is -2.06. The molecule has 12 heteroatoms. The third-order valence-corrected chi connectivity index (χ3v) is 4.52. The molecule has 0 aromatic rings. The Morgan fingerprint density at radius 2 is 1.09 bits per heavy atom. The number of rotatable bonds is 8. The molecule has 0 rings (SSSR count). The summed E-state index contributed by atoms with van der Waals surface area (Å²) < 4.78 is 21.3. The third kappa shape index (κ3) is 17.3. The van der Waals surface area contributed by atoms with Gasteiger partial charge in [0.2, 0.25) is 0 Å². The minimum atomic E-state index is -3.10. The van der Waals surface area contributed by atoms with Crippen molar-refractivity contribution < 1.29 is 38.7 Å². The van der Waals surface area contributed by atoms with Crippen molar-refractivity contribution in [2.24, 2.45) is 11.5 Å². The van der Waals surface area contributed by atoms with Gasteiger partial charge >= 0.3 is 11.9 Å². The lowest BCUT2D eigenvalue weighted by Gasteiger charge is -2.07. The molecule has 0 amide bonds. The number of carboxylic acid groups (broad SMARTS) is 2. The second kappa shape index (κ2) is 10.1. The predicted octanol–water partition coefficient (Wildman–Crippen LogP) is -0.623. The van der Waals surface area contributed by atoms with Crippen molar-refractivity contribution in [2.45, 2.75) is 24.9 Å². The molecule has 22 heavy (non-hydrogen) atoms. The van der Waals surface area contributed by atoms with Crippen LogP contribution in [0, 0.1) is 0 Å². The van der Waals surface area contributed by atoms with Crippen LogP contribution >= 0.6 is 14.7 Å². The Morgan fingerprint density at radius 3 is 1.23 bits per heavy atom. The fraction of sp³-hybridized carbons (Fsp3) is 0.800. The summed E-state index contributed by atoms with van der Waals surface area (Å²) >= 11 is 0. The molecule has 0 aliphatic rings. The molecule has 0 aliphatic heterocycles. The van der Waals surface area contributed by atoms with Gasteiger partial charge in [0, 0.05) is 25.7 Å². The van der Waals surface area contributed by atoms with Crippen molar-refractivity contribution in [3.63, 3.8) is 0 Å². The van der Waals surface area contributed by atoms with Crippen LogP contribution in [0.4, 0.5) is 0 Å². The zero-order valence-corrected chi connectivity index (χ0v) is 14.2. The number of hydrogen-bond donors (Lipinski definition) is 6. The number of carbonyl (C=O) groups is 2. The molecule has 8 N–H and O–H groups in total. The summed E-state index contributed by atoms with van der Waals surface area (Å²) in [5.41, 5.74) is 10.2. The minimum Gasteiger partial charge on any atom is -0.480 e. The molecule has 4 atom stereocenters. The summed E-state index contributed by atoms with van der Waals surface area (Å²) in [5.74, 6) is -2.28. The largest absolute Gasteiger partial charge is 0.480 e. The van der Waals surface area contributed by atoms with E-state index in [-0.39, 0.29) is 25.2 Å². The lowest BCUT2D eigenvalue weighted by atomic mass is 10.2. The maximum Gasteiger partial charge on any atom is 0.320 e. The SMILES string of the molecule is CP(=O)(O)CCC(N)C(=O)O.CP(=O)(O)CC[C@H](N)C(=O)O. The molecule has 0 saturated carbocycles. The van der Waals surface area contributed by atoms with Gasteiger partial charge < -0.3 is 31.5 Å². The maximum atomic E-state index is 10.6. The Balaban J connectivity index is 0. The second-order valence-electron chi connectivity index (χ2n) is 5.02. The average Bonchev–Trinajstić information content (AvgIpc) is 2.31. The van der Waals surface area contributed by atoms with Crippen molar-refractivity contribution in [1.29, 1.82) is 0 Å². The van der Waals surface area contributed by atoms with E-state index in [9.17, 15) is 18.7 Å². The summed E-state index contributed by atoms with van der Waals surface area (Å²) in [4.78, 5) is 37.8. The zero-order chi connectivity index (χ0) is 18.1. The summed E-state index contributed by atoms with van der Waals surface area (Å²) in [5, 5.41) is 16.6. The molecular weight excluding hydrogens is 338 g/mol. The lowest BCUT2D eigenvalue weighted by Crippen LogP contribution is -2.30. The standard InChI is InChI=1S/2C5H12NO4P/c2*1-11(9,10)3-2-4(6)5(7)8/h2*4H,2-3,6H2,1H3,(H,7,8)(H,9,10)/t4-;/m0./s1. The van der Waals surface area contributed by atoms with E-state index in [4.69, 9.17) is 31.5 Å². The van der Waals surface area contributed by atoms with E-state index in [1.807, 2.05) is 0 Å². The molecule has 0 heterocycles. The average molecular weight is 362 g/mol. The Bertz CT molecular complexity index is 416. The van der Waals surface area contributed by atoms with E-state index in [1.165, 1.54) is 13.3 Å². The molecule has 0 aromatic heterocycles. The van der Waals surface area contributed by atoms with Crippen LogP contribution in [0.3, 0.4) is 0 Å². The van der Waals surface area contributed by atoms with Crippen LogP contribution in [0.2, 0.25) is 0 Å². The van der Waals surface area contributed by atoms with Crippen molar-refractivity contribution in [1.82, 2.24) is 0 Å². The number of nitrogens with two attached hydrogens (primary N) is 2. The fourth-order valence-electron chi connectivity index (χ4n) is 1.00. The van der Waals surface area contributed by atoms with Crippen molar-refractivity contribution in [3.8, 4) is 0 Å². The van der Waals surface area contributed by atoms with Gasteiger partial charge in [-0.2, -0.15) is 0 Å². The van der Waals surface area contributed by atoms with E-state index < -0.39 is 38.8 Å². The normalized spacial score (nSPS) is 18.8. The molecular formula is C10H24N2O8P2.